The van der Waals surface area contributed by atoms with Crippen molar-refractivity contribution < 1.29 is 19.1 Å². The Hall–Kier alpha value is -2.10. The van der Waals surface area contributed by atoms with Gasteiger partial charge in [0.25, 0.3) is 0 Å². The summed E-state index contributed by atoms with van der Waals surface area (Å²) in [7, 11) is 1.32. The van der Waals surface area contributed by atoms with Gasteiger partial charge in [-0.05, 0) is 18.6 Å². The van der Waals surface area contributed by atoms with Gasteiger partial charge in [0.15, 0.2) is 5.78 Å². The molecule has 0 radical (unpaired) electrons. The van der Waals surface area contributed by atoms with Crippen molar-refractivity contribution in [2.45, 2.75) is 6.42 Å². The summed E-state index contributed by atoms with van der Waals surface area (Å²) in [4.78, 5) is 23.0. The van der Waals surface area contributed by atoms with Crippen LogP contribution in [-0.2, 0) is 9.53 Å². The van der Waals surface area contributed by atoms with E-state index in [1.54, 1.807) is 18.2 Å². The van der Waals surface area contributed by atoms with Crippen molar-refractivity contribution in [2.75, 3.05) is 13.7 Å². The minimum Gasteiger partial charge on any atom is -0.492 e. The predicted molar refractivity (Wildman–Crippen MR) is 65.5 cm³/mol. The van der Waals surface area contributed by atoms with E-state index in [1.165, 1.54) is 13.2 Å². The Morgan fingerprint density at radius 2 is 2.28 bits per heavy atom. The molecule has 4 nitrogen and oxygen atoms in total. The zero-order valence-corrected chi connectivity index (χ0v) is 10.1. The van der Waals surface area contributed by atoms with Crippen molar-refractivity contribution in [1.29, 1.82) is 0 Å². The van der Waals surface area contributed by atoms with Crippen LogP contribution in [0.25, 0.3) is 0 Å². The van der Waals surface area contributed by atoms with Crippen LogP contribution in [0.3, 0.4) is 0 Å². The van der Waals surface area contributed by atoms with Crippen molar-refractivity contribution >= 4 is 11.8 Å². The number of allylic oxidation sites excluding steroid dienone is 1. The van der Waals surface area contributed by atoms with Crippen LogP contribution in [0, 0.1) is 5.92 Å². The number of hydrogen-bond donors (Lipinski definition) is 0. The molecule has 0 bridgehead atoms. The highest BCUT2D eigenvalue weighted by atomic mass is 16.5. The van der Waals surface area contributed by atoms with Gasteiger partial charge < -0.3 is 9.47 Å². The Morgan fingerprint density at radius 3 is 3.06 bits per heavy atom. The summed E-state index contributed by atoms with van der Waals surface area (Å²) in [5.74, 6) is 0.0439. The smallest absolute Gasteiger partial charge is 0.330 e. The molecule has 4 heteroatoms. The molecule has 1 aromatic rings. The first-order valence-electron chi connectivity index (χ1n) is 5.73. The molecule has 1 unspecified atom stereocenters. The maximum Gasteiger partial charge on any atom is 0.330 e. The van der Waals surface area contributed by atoms with Crippen LogP contribution >= 0.6 is 0 Å². The summed E-state index contributed by atoms with van der Waals surface area (Å²) >= 11 is 0. The van der Waals surface area contributed by atoms with Crippen LogP contribution in [-0.4, -0.2) is 25.5 Å². The SMILES string of the molecule is COC(=O)/C=C/CC1COc2ccccc2C1=O. The minimum absolute atomic E-state index is 0.0614. The Labute approximate surface area is 105 Å². The Balaban J connectivity index is 2.04. The van der Waals surface area contributed by atoms with E-state index in [4.69, 9.17) is 4.74 Å². The molecule has 0 fully saturated rings. The Kier molecular flexibility index (Phi) is 3.77. The lowest BCUT2D eigenvalue weighted by molar-refractivity contribution is -0.134. The first-order valence-corrected chi connectivity index (χ1v) is 5.73. The number of esters is 1. The second kappa shape index (κ2) is 5.49. The molecule has 0 aliphatic carbocycles. The van der Waals surface area contributed by atoms with E-state index >= 15 is 0 Å². The number of carbonyl (C=O) groups excluding carboxylic acids is 2. The maximum atomic E-state index is 12.1. The standard InChI is InChI=1S/C14H14O4/c1-17-13(15)8-4-5-10-9-18-12-7-3-2-6-11(12)14(10)16/h2-4,6-8,10H,5,9H2,1H3/b8-4+. The molecule has 94 valence electrons. The number of para-hydroxylation sites is 1. The highest BCUT2D eigenvalue weighted by Crippen LogP contribution is 2.28. The molecule has 0 spiro atoms. The molecule has 0 amide bonds. The largest absolute Gasteiger partial charge is 0.492 e. The first kappa shape index (κ1) is 12.4. The van der Waals surface area contributed by atoms with Crippen molar-refractivity contribution in [2.24, 2.45) is 5.92 Å². The fourth-order valence-electron chi connectivity index (χ4n) is 1.85. The number of benzene rings is 1. The normalized spacial score (nSPS) is 18.3. The van der Waals surface area contributed by atoms with Crippen molar-refractivity contribution in [3.05, 3.63) is 42.0 Å². The number of ketones is 1. The van der Waals surface area contributed by atoms with E-state index in [-0.39, 0.29) is 11.7 Å². The number of carbonyl (C=O) groups is 2. The zero-order chi connectivity index (χ0) is 13.0. The number of Topliss-reactive ketones (excluding diaryl/α,β-unsaturated/α-hetero) is 1. The summed E-state index contributed by atoms with van der Waals surface area (Å²) in [5.41, 5.74) is 0.611. The Morgan fingerprint density at radius 1 is 1.50 bits per heavy atom. The van der Waals surface area contributed by atoms with Crippen molar-refractivity contribution in [3.63, 3.8) is 0 Å². The zero-order valence-electron chi connectivity index (χ0n) is 10.1. The van der Waals surface area contributed by atoms with Crippen LogP contribution in [0.15, 0.2) is 36.4 Å². The summed E-state index contributed by atoms with van der Waals surface area (Å²) < 4.78 is 10.0. The van der Waals surface area contributed by atoms with Gasteiger partial charge in [0.2, 0.25) is 0 Å². The summed E-state index contributed by atoms with van der Waals surface area (Å²) in [6.07, 6.45) is 3.45. The lowest BCUT2D eigenvalue weighted by Crippen LogP contribution is -2.27. The molecule has 18 heavy (non-hydrogen) atoms. The summed E-state index contributed by atoms with van der Waals surface area (Å²) in [5, 5.41) is 0. The molecule has 1 aliphatic rings. The molecule has 1 aliphatic heterocycles. The lowest BCUT2D eigenvalue weighted by Gasteiger charge is -2.22. The third-order valence-electron chi connectivity index (χ3n) is 2.84. The average Bonchev–Trinajstić information content (AvgIpc) is 2.41. The fraction of sp³-hybridized carbons (Fsp3) is 0.286. The van der Waals surface area contributed by atoms with Gasteiger partial charge in [-0.1, -0.05) is 18.2 Å². The third kappa shape index (κ3) is 2.59. The molecule has 2 rings (SSSR count). The molecular formula is C14H14O4. The molecule has 0 saturated heterocycles. The second-order valence-electron chi connectivity index (χ2n) is 4.03. The predicted octanol–water partition coefficient (Wildman–Crippen LogP) is 2.00. The molecule has 0 saturated carbocycles. The van der Waals surface area contributed by atoms with Gasteiger partial charge in [0.1, 0.15) is 5.75 Å². The van der Waals surface area contributed by atoms with Crippen molar-refractivity contribution in [3.8, 4) is 5.75 Å². The Bertz CT molecular complexity index is 490. The molecule has 1 atom stereocenters. The van der Waals surface area contributed by atoms with E-state index in [1.807, 2.05) is 12.1 Å². The summed E-state index contributed by atoms with van der Waals surface area (Å²) in [6, 6.07) is 7.19. The van der Waals surface area contributed by atoms with Gasteiger partial charge in [0.05, 0.1) is 25.2 Å². The number of ether oxygens (including phenoxy) is 2. The second-order valence-corrected chi connectivity index (χ2v) is 4.03. The van der Waals surface area contributed by atoms with Crippen LogP contribution < -0.4 is 4.74 Å². The van der Waals surface area contributed by atoms with Gasteiger partial charge in [-0.15, -0.1) is 0 Å². The van der Waals surface area contributed by atoms with Gasteiger partial charge in [-0.25, -0.2) is 4.79 Å². The average molecular weight is 246 g/mol. The molecule has 1 aromatic carbocycles. The van der Waals surface area contributed by atoms with Gasteiger partial charge >= 0.3 is 5.97 Å². The number of hydrogen-bond acceptors (Lipinski definition) is 4. The van der Waals surface area contributed by atoms with E-state index < -0.39 is 5.97 Å². The monoisotopic (exact) mass is 246 g/mol. The van der Waals surface area contributed by atoms with Gasteiger partial charge in [0, 0.05) is 6.08 Å². The number of methoxy groups -OCH3 is 1. The molecule has 0 N–H and O–H groups in total. The fourth-order valence-corrected chi connectivity index (χ4v) is 1.85. The molecular weight excluding hydrogens is 232 g/mol. The summed E-state index contributed by atoms with van der Waals surface area (Å²) in [6.45, 7) is 0.349. The molecule has 0 aromatic heterocycles. The van der Waals surface area contributed by atoms with E-state index in [0.717, 1.165) is 0 Å². The quantitative estimate of drug-likeness (QED) is 0.604. The van der Waals surface area contributed by atoms with Crippen LogP contribution in [0.5, 0.6) is 5.75 Å². The van der Waals surface area contributed by atoms with Crippen LogP contribution in [0.2, 0.25) is 0 Å². The maximum absolute atomic E-state index is 12.1. The number of rotatable bonds is 3. The van der Waals surface area contributed by atoms with E-state index in [9.17, 15) is 9.59 Å². The van der Waals surface area contributed by atoms with Gasteiger partial charge in [-0.3, -0.25) is 4.79 Å². The first-order chi connectivity index (χ1) is 8.72. The minimum atomic E-state index is -0.417. The molecule has 1 heterocycles. The van der Waals surface area contributed by atoms with E-state index in [2.05, 4.69) is 4.74 Å². The highest BCUT2D eigenvalue weighted by molar-refractivity contribution is 6.01. The van der Waals surface area contributed by atoms with Crippen LogP contribution in [0.4, 0.5) is 0 Å². The van der Waals surface area contributed by atoms with Crippen LogP contribution in [0.1, 0.15) is 16.8 Å². The lowest BCUT2D eigenvalue weighted by atomic mass is 9.92. The van der Waals surface area contributed by atoms with Crippen molar-refractivity contribution in [1.82, 2.24) is 0 Å². The highest BCUT2D eigenvalue weighted by Gasteiger charge is 2.27. The van der Waals surface area contributed by atoms with Gasteiger partial charge in [-0.2, -0.15) is 0 Å². The topological polar surface area (TPSA) is 52.6 Å². The number of fused-ring (bicyclic) bond motifs is 1. The van der Waals surface area contributed by atoms with E-state index in [0.29, 0.717) is 24.3 Å². The third-order valence-corrected chi connectivity index (χ3v) is 2.84.